The maximum atomic E-state index is 10.8. The third-order valence-corrected chi connectivity index (χ3v) is 3.88. The lowest BCUT2D eigenvalue weighted by atomic mass is 10.0. The highest BCUT2D eigenvalue weighted by Crippen LogP contribution is 2.20. The zero-order valence-electron chi connectivity index (χ0n) is 14.7. The number of amides is 1. The van der Waals surface area contributed by atoms with Crippen LogP contribution in [0.4, 0.5) is 0 Å². The Morgan fingerprint density at radius 2 is 1.92 bits per heavy atom. The van der Waals surface area contributed by atoms with Gasteiger partial charge in [-0.05, 0) is 61.8 Å². The number of hydrogen-bond acceptors (Lipinski definition) is 3. The Bertz CT molecular complexity index is 542. The predicted molar refractivity (Wildman–Crippen MR) is 94.1 cm³/mol. The number of nitrogens with two attached hydrogens (primary N) is 1. The van der Waals surface area contributed by atoms with Crippen molar-refractivity contribution in [1.82, 2.24) is 0 Å². The average molecular weight is 335 g/mol. The van der Waals surface area contributed by atoms with Crippen LogP contribution in [0.5, 0.6) is 5.75 Å². The number of carbonyl (C=O) groups is 2. The van der Waals surface area contributed by atoms with Crippen LogP contribution in [0.2, 0.25) is 0 Å². The summed E-state index contributed by atoms with van der Waals surface area (Å²) in [7, 11) is 0. The minimum atomic E-state index is -0.730. The molecule has 0 fully saturated rings. The van der Waals surface area contributed by atoms with E-state index in [9.17, 15) is 9.59 Å². The maximum Gasteiger partial charge on any atom is 0.303 e. The van der Waals surface area contributed by atoms with Crippen molar-refractivity contribution < 1.29 is 19.4 Å². The Balaban J connectivity index is 2.41. The fourth-order valence-corrected chi connectivity index (χ4v) is 2.54. The Morgan fingerprint density at radius 1 is 1.17 bits per heavy atom. The lowest BCUT2D eigenvalue weighted by Gasteiger charge is -2.14. The average Bonchev–Trinajstić information content (AvgIpc) is 2.49. The molecule has 0 spiro atoms. The molecule has 0 aromatic heterocycles. The summed E-state index contributed by atoms with van der Waals surface area (Å²) in [6, 6.07) is 6.19. The van der Waals surface area contributed by atoms with Crippen LogP contribution in [-0.2, 0) is 16.0 Å². The summed E-state index contributed by atoms with van der Waals surface area (Å²) < 4.78 is 5.85. The summed E-state index contributed by atoms with van der Waals surface area (Å²) in [5, 5.41) is 8.63. The van der Waals surface area contributed by atoms with E-state index in [0.717, 1.165) is 43.4 Å². The van der Waals surface area contributed by atoms with Crippen LogP contribution in [0.3, 0.4) is 0 Å². The molecule has 3 N–H and O–H groups in total. The summed E-state index contributed by atoms with van der Waals surface area (Å²) in [5.41, 5.74) is 7.52. The van der Waals surface area contributed by atoms with Gasteiger partial charge in [0.1, 0.15) is 5.75 Å². The van der Waals surface area contributed by atoms with E-state index >= 15 is 0 Å². The Hall–Kier alpha value is -2.04. The lowest BCUT2D eigenvalue weighted by Crippen LogP contribution is -2.15. The minimum absolute atomic E-state index is 0.241. The monoisotopic (exact) mass is 335 g/mol. The van der Waals surface area contributed by atoms with Gasteiger partial charge in [-0.15, -0.1) is 0 Å². The number of ether oxygens (including phenoxy) is 1. The molecule has 1 aromatic rings. The molecular formula is C19H29NO4. The van der Waals surface area contributed by atoms with Crippen molar-refractivity contribution in [3.63, 3.8) is 0 Å². The van der Waals surface area contributed by atoms with Crippen molar-refractivity contribution in [2.24, 2.45) is 11.7 Å². The van der Waals surface area contributed by atoms with Gasteiger partial charge in [0.05, 0.1) is 6.61 Å². The van der Waals surface area contributed by atoms with Crippen LogP contribution in [0.25, 0.3) is 0 Å². The highest BCUT2D eigenvalue weighted by atomic mass is 16.5. The molecule has 0 unspecified atom stereocenters. The molecule has 5 heteroatoms. The number of hydrogen-bond donors (Lipinski definition) is 2. The van der Waals surface area contributed by atoms with E-state index in [4.69, 9.17) is 15.6 Å². The quantitative estimate of drug-likeness (QED) is 0.572. The first kappa shape index (κ1) is 20.0. The first-order valence-electron chi connectivity index (χ1n) is 8.60. The van der Waals surface area contributed by atoms with E-state index in [1.54, 1.807) is 0 Å². The van der Waals surface area contributed by atoms with Crippen LogP contribution in [0.1, 0.15) is 56.6 Å². The van der Waals surface area contributed by atoms with Gasteiger partial charge in [0, 0.05) is 12.8 Å². The smallest absolute Gasteiger partial charge is 0.303 e. The molecule has 1 atom stereocenters. The number of carboxylic acids is 1. The zero-order valence-corrected chi connectivity index (χ0v) is 14.7. The standard InChI is InChI=1S/C19H29NO4/c1-14(8-9-18(20)21)13-24-17-11-15(2)10-16(12-17)6-4-3-5-7-19(22)23/h10-12,14H,3-9,13H2,1-2H3,(H2,20,21)(H,22,23)/t14-/m0/s1. The molecule has 24 heavy (non-hydrogen) atoms. The van der Waals surface area contributed by atoms with Gasteiger partial charge >= 0.3 is 5.97 Å². The number of rotatable bonds is 12. The lowest BCUT2D eigenvalue weighted by molar-refractivity contribution is -0.137. The van der Waals surface area contributed by atoms with Crippen LogP contribution >= 0.6 is 0 Å². The molecule has 0 radical (unpaired) electrons. The summed E-state index contributed by atoms with van der Waals surface area (Å²) >= 11 is 0. The van der Waals surface area contributed by atoms with E-state index in [1.807, 2.05) is 26.0 Å². The van der Waals surface area contributed by atoms with Crippen molar-refractivity contribution >= 4 is 11.9 Å². The van der Waals surface area contributed by atoms with E-state index in [0.29, 0.717) is 13.0 Å². The first-order chi connectivity index (χ1) is 11.4. The molecule has 0 heterocycles. The predicted octanol–water partition coefficient (Wildman–Crippen LogP) is 3.46. The fraction of sp³-hybridized carbons (Fsp3) is 0.579. The normalized spacial score (nSPS) is 11.9. The van der Waals surface area contributed by atoms with Gasteiger partial charge in [-0.25, -0.2) is 0 Å². The molecular weight excluding hydrogens is 306 g/mol. The second-order valence-electron chi connectivity index (χ2n) is 6.53. The van der Waals surface area contributed by atoms with Crippen LogP contribution in [0.15, 0.2) is 18.2 Å². The second kappa shape index (κ2) is 10.7. The van der Waals surface area contributed by atoms with E-state index < -0.39 is 5.97 Å². The number of carboxylic acid groups (broad SMARTS) is 1. The number of primary amides is 1. The Kier molecular flexibility index (Phi) is 8.90. The van der Waals surface area contributed by atoms with Gasteiger partial charge in [0.25, 0.3) is 0 Å². The Labute approximate surface area is 144 Å². The van der Waals surface area contributed by atoms with Gasteiger partial charge < -0.3 is 15.6 Å². The molecule has 1 amide bonds. The highest BCUT2D eigenvalue weighted by Gasteiger charge is 2.07. The van der Waals surface area contributed by atoms with E-state index in [1.165, 1.54) is 5.56 Å². The number of carbonyl (C=O) groups excluding carboxylic acids is 1. The second-order valence-corrected chi connectivity index (χ2v) is 6.53. The van der Waals surface area contributed by atoms with Gasteiger partial charge in [-0.1, -0.05) is 19.4 Å². The molecule has 134 valence electrons. The summed E-state index contributed by atoms with van der Waals surface area (Å²) in [4.78, 5) is 21.3. The SMILES string of the molecule is Cc1cc(CCCCCC(=O)O)cc(OC[C@@H](C)CCC(N)=O)c1. The third-order valence-electron chi connectivity index (χ3n) is 3.88. The maximum absolute atomic E-state index is 10.8. The summed E-state index contributed by atoms with van der Waals surface area (Å²) in [5.74, 6) is 0.119. The molecule has 0 bridgehead atoms. The molecule has 0 saturated carbocycles. The van der Waals surface area contributed by atoms with Gasteiger partial charge in [-0.3, -0.25) is 9.59 Å². The first-order valence-corrected chi connectivity index (χ1v) is 8.60. The topological polar surface area (TPSA) is 89.6 Å². The van der Waals surface area contributed by atoms with Gasteiger partial charge in [0.2, 0.25) is 5.91 Å². The molecule has 1 aromatic carbocycles. The van der Waals surface area contributed by atoms with Crippen molar-refractivity contribution in [2.75, 3.05) is 6.61 Å². The number of benzene rings is 1. The molecule has 0 aliphatic heterocycles. The number of unbranched alkanes of at least 4 members (excludes halogenated alkanes) is 2. The zero-order chi connectivity index (χ0) is 17.9. The van der Waals surface area contributed by atoms with Crippen LogP contribution < -0.4 is 10.5 Å². The van der Waals surface area contributed by atoms with Crippen LogP contribution in [0, 0.1) is 12.8 Å². The highest BCUT2D eigenvalue weighted by molar-refractivity contribution is 5.73. The third kappa shape index (κ3) is 9.18. The molecule has 0 aliphatic rings. The number of aryl methyl sites for hydroxylation is 2. The molecule has 0 saturated heterocycles. The molecule has 0 aliphatic carbocycles. The summed E-state index contributed by atoms with van der Waals surface area (Å²) in [6.45, 7) is 4.65. The van der Waals surface area contributed by atoms with E-state index in [-0.39, 0.29) is 18.2 Å². The summed E-state index contributed by atoms with van der Waals surface area (Å²) in [6.07, 6.45) is 4.91. The number of aliphatic carboxylic acids is 1. The largest absolute Gasteiger partial charge is 0.493 e. The van der Waals surface area contributed by atoms with Crippen molar-refractivity contribution in [1.29, 1.82) is 0 Å². The van der Waals surface area contributed by atoms with E-state index in [2.05, 4.69) is 6.07 Å². The van der Waals surface area contributed by atoms with Crippen molar-refractivity contribution in [3.05, 3.63) is 29.3 Å². The van der Waals surface area contributed by atoms with Gasteiger partial charge in [-0.2, -0.15) is 0 Å². The van der Waals surface area contributed by atoms with Crippen molar-refractivity contribution in [2.45, 2.75) is 58.8 Å². The molecule has 5 nitrogen and oxygen atoms in total. The van der Waals surface area contributed by atoms with Gasteiger partial charge in [0.15, 0.2) is 0 Å². The minimum Gasteiger partial charge on any atom is -0.493 e. The van der Waals surface area contributed by atoms with Crippen LogP contribution in [-0.4, -0.2) is 23.6 Å². The van der Waals surface area contributed by atoms with Crippen molar-refractivity contribution in [3.8, 4) is 5.75 Å². The fourth-order valence-electron chi connectivity index (χ4n) is 2.54. The Morgan fingerprint density at radius 3 is 2.58 bits per heavy atom. The molecule has 1 rings (SSSR count).